The molecule has 2 nitrogen and oxygen atoms in total. The van der Waals surface area contributed by atoms with Gasteiger partial charge in [0.05, 0.1) is 6.10 Å². The molecule has 0 N–H and O–H groups in total. The summed E-state index contributed by atoms with van der Waals surface area (Å²) in [7, 11) is 0. The van der Waals surface area contributed by atoms with Gasteiger partial charge >= 0.3 is 5.97 Å². The van der Waals surface area contributed by atoms with E-state index in [2.05, 4.69) is 13.5 Å². The van der Waals surface area contributed by atoms with Gasteiger partial charge in [-0.2, -0.15) is 0 Å². The predicted octanol–water partition coefficient (Wildman–Crippen LogP) is 6.59. The number of rotatable bonds is 15. The van der Waals surface area contributed by atoms with Gasteiger partial charge in [0.1, 0.15) is 0 Å². The summed E-state index contributed by atoms with van der Waals surface area (Å²) < 4.78 is 5.13. The summed E-state index contributed by atoms with van der Waals surface area (Å²) >= 11 is 0. The van der Waals surface area contributed by atoms with Crippen LogP contribution in [-0.4, -0.2) is 12.1 Å². The smallest absolute Gasteiger partial charge is 0.333 e. The molecule has 0 spiro atoms. The molecule has 0 saturated heterocycles. The van der Waals surface area contributed by atoms with Gasteiger partial charge in [0.15, 0.2) is 0 Å². The largest absolute Gasteiger partial charge is 0.460 e. The molecule has 0 fully saturated rings. The molecule has 0 atom stereocenters. The minimum absolute atomic E-state index is 0.0498. The van der Waals surface area contributed by atoms with Gasteiger partial charge in [0.25, 0.3) is 0 Å². The highest BCUT2D eigenvalue weighted by Gasteiger charge is 2.09. The van der Waals surface area contributed by atoms with E-state index in [1.165, 1.54) is 70.6 Å². The van der Waals surface area contributed by atoms with Crippen molar-refractivity contribution in [3.63, 3.8) is 0 Å². The van der Waals surface area contributed by atoms with Crippen LogP contribution in [0.15, 0.2) is 12.2 Å². The lowest BCUT2D eigenvalue weighted by molar-refractivity contribution is -0.142. The summed E-state index contributed by atoms with van der Waals surface area (Å²) in [5.41, 5.74) is 0.626. The average Bonchev–Trinajstić information content (AvgIpc) is 2.47. The zero-order valence-electron chi connectivity index (χ0n) is 15.3. The van der Waals surface area contributed by atoms with Crippen LogP contribution in [-0.2, 0) is 9.53 Å². The monoisotopic (exact) mass is 310 g/mol. The summed E-state index contributed by atoms with van der Waals surface area (Å²) in [6, 6.07) is 0. The van der Waals surface area contributed by atoms with Crippen LogP contribution < -0.4 is 0 Å². The number of unbranched alkanes of at least 4 members (excludes halogenated alkanes) is 11. The van der Waals surface area contributed by atoms with Crippen molar-refractivity contribution in [2.24, 2.45) is 0 Å². The van der Waals surface area contributed by atoms with Crippen LogP contribution in [0.1, 0.15) is 104 Å². The summed E-state index contributed by atoms with van der Waals surface area (Å²) in [5, 5.41) is 0. The summed E-state index contributed by atoms with van der Waals surface area (Å²) in [5.74, 6) is -0.224. The van der Waals surface area contributed by atoms with Crippen LogP contribution >= 0.6 is 0 Å². The molecule has 0 bridgehead atoms. The van der Waals surface area contributed by atoms with Crippen molar-refractivity contribution in [1.82, 2.24) is 0 Å². The second-order valence-corrected chi connectivity index (χ2v) is 6.70. The van der Waals surface area contributed by atoms with E-state index < -0.39 is 0 Å². The molecule has 0 amide bonds. The molecule has 22 heavy (non-hydrogen) atoms. The van der Waals surface area contributed by atoms with Crippen molar-refractivity contribution in [3.05, 3.63) is 12.2 Å². The molecule has 0 heterocycles. The Labute approximate surface area is 138 Å². The maximum absolute atomic E-state index is 11.6. The number of hydrogen-bond donors (Lipinski definition) is 0. The Morgan fingerprint density at radius 3 is 1.64 bits per heavy atom. The quantitative estimate of drug-likeness (QED) is 0.194. The van der Waals surface area contributed by atoms with Crippen molar-refractivity contribution < 1.29 is 9.53 Å². The molecule has 0 aromatic carbocycles. The molecule has 0 aliphatic carbocycles. The van der Waals surface area contributed by atoms with Gasteiger partial charge in [0, 0.05) is 5.57 Å². The van der Waals surface area contributed by atoms with E-state index in [4.69, 9.17) is 4.74 Å². The highest BCUT2D eigenvalue weighted by Crippen LogP contribution is 2.14. The first-order chi connectivity index (χ1) is 10.6. The van der Waals surface area contributed by atoms with Crippen molar-refractivity contribution >= 4 is 5.97 Å². The third-order valence-electron chi connectivity index (χ3n) is 3.96. The van der Waals surface area contributed by atoms with Gasteiger partial charge in [0.2, 0.25) is 0 Å². The third kappa shape index (κ3) is 14.2. The molecular weight excluding hydrogens is 272 g/mol. The zero-order valence-corrected chi connectivity index (χ0v) is 15.3. The third-order valence-corrected chi connectivity index (χ3v) is 3.96. The normalized spacial score (nSPS) is 10.9. The Kier molecular flexibility index (Phi) is 14.6. The van der Waals surface area contributed by atoms with Crippen LogP contribution in [0.5, 0.6) is 0 Å². The first-order valence-corrected chi connectivity index (χ1v) is 9.46. The summed E-state index contributed by atoms with van der Waals surface area (Å²) in [6.07, 6.45) is 16.7. The molecule has 0 rings (SSSR count). The van der Waals surface area contributed by atoms with Crippen LogP contribution in [0, 0.1) is 0 Å². The van der Waals surface area contributed by atoms with E-state index in [0.29, 0.717) is 5.57 Å². The molecule has 0 aromatic heterocycles. The number of carbonyl (C=O) groups is 1. The second-order valence-electron chi connectivity index (χ2n) is 6.70. The van der Waals surface area contributed by atoms with Gasteiger partial charge in [-0.05, 0) is 26.7 Å². The highest BCUT2D eigenvalue weighted by molar-refractivity contribution is 5.87. The van der Waals surface area contributed by atoms with Gasteiger partial charge in [-0.25, -0.2) is 4.79 Å². The maximum atomic E-state index is 11.6. The number of esters is 1. The van der Waals surface area contributed by atoms with Crippen LogP contribution in [0.4, 0.5) is 0 Å². The molecule has 0 saturated carbocycles. The minimum atomic E-state index is -0.224. The molecule has 0 aliphatic rings. The Hall–Kier alpha value is -0.790. The van der Waals surface area contributed by atoms with Gasteiger partial charge < -0.3 is 4.74 Å². The maximum Gasteiger partial charge on any atom is 0.333 e. The number of carbonyl (C=O) groups excluding carboxylic acids is 1. The summed E-state index contributed by atoms with van der Waals surface area (Å²) in [4.78, 5) is 11.6. The lowest BCUT2D eigenvalue weighted by Crippen LogP contribution is -2.13. The van der Waals surface area contributed by atoms with Gasteiger partial charge in [-0.3, -0.25) is 0 Å². The molecule has 130 valence electrons. The van der Waals surface area contributed by atoms with Crippen LogP contribution in [0.25, 0.3) is 0 Å². The van der Waals surface area contributed by atoms with Crippen molar-refractivity contribution in [2.75, 3.05) is 0 Å². The first-order valence-electron chi connectivity index (χ1n) is 9.46. The van der Waals surface area contributed by atoms with E-state index in [0.717, 1.165) is 12.8 Å². The molecule has 2 heteroatoms. The lowest BCUT2D eigenvalue weighted by atomic mass is 10.0. The minimum Gasteiger partial charge on any atom is -0.460 e. The van der Waals surface area contributed by atoms with Gasteiger partial charge in [-0.1, -0.05) is 84.1 Å². The topological polar surface area (TPSA) is 26.3 Å². The Morgan fingerprint density at radius 1 is 0.818 bits per heavy atom. The van der Waals surface area contributed by atoms with E-state index in [1.807, 2.05) is 13.8 Å². The van der Waals surface area contributed by atoms with E-state index in [-0.39, 0.29) is 12.1 Å². The SMILES string of the molecule is C=C(CCCCCCCCCCCCCC)C(=O)OC(C)C. The second kappa shape index (κ2) is 15.1. The van der Waals surface area contributed by atoms with Gasteiger partial charge in [-0.15, -0.1) is 0 Å². The Balaban J connectivity index is 3.26. The molecular formula is C20H38O2. The first kappa shape index (κ1) is 21.2. The zero-order chi connectivity index (χ0) is 16.6. The number of ether oxygens (including phenoxy) is 1. The predicted molar refractivity (Wildman–Crippen MR) is 96.1 cm³/mol. The fraction of sp³-hybridized carbons (Fsp3) is 0.850. The van der Waals surface area contributed by atoms with Crippen molar-refractivity contribution in [2.45, 2.75) is 110 Å². The van der Waals surface area contributed by atoms with E-state index in [9.17, 15) is 4.79 Å². The Morgan fingerprint density at radius 2 is 1.23 bits per heavy atom. The standard InChI is InChI=1S/C20H38O2/c1-5-6-7-8-9-10-11-12-13-14-15-16-17-19(4)20(21)22-18(2)3/h18H,4-17H2,1-3H3. The Bertz CT molecular complexity index is 281. The number of hydrogen-bond acceptors (Lipinski definition) is 2. The van der Waals surface area contributed by atoms with E-state index >= 15 is 0 Å². The lowest BCUT2D eigenvalue weighted by Gasteiger charge is -2.09. The van der Waals surface area contributed by atoms with Crippen LogP contribution in [0.3, 0.4) is 0 Å². The molecule has 0 unspecified atom stereocenters. The van der Waals surface area contributed by atoms with E-state index in [1.54, 1.807) is 0 Å². The fourth-order valence-electron chi connectivity index (χ4n) is 2.58. The van der Waals surface area contributed by atoms with Crippen molar-refractivity contribution in [3.8, 4) is 0 Å². The summed E-state index contributed by atoms with van der Waals surface area (Å²) in [6.45, 7) is 9.83. The highest BCUT2D eigenvalue weighted by atomic mass is 16.5. The fourth-order valence-corrected chi connectivity index (χ4v) is 2.58. The molecule has 0 aliphatic heterocycles. The van der Waals surface area contributed by atoms with Crippen LogP contribution in [0.2, 0.25) is 0 Å². The molecule has 0 aromatic rings. The average molecular weight is 311 g/mol. The van der Waals surface area contributed by atoms with Crippen molar-refractivity contribution in [1.29, 1.82) is 0 Å². The molecule has 0 radical (unpaired) electrons.